The van der Waals surface area contributed by atoms with Crippen LogP contribution in [0.15, 0.2) is 49.7 Å². The van der Waals surface area contributed by atoms with Crippen LogP contribution in [0.2, 0.25) is 0 Å². The van der Waals surface area contributed by atoms with Crippen molar-refractivity contribution in [2.45, 2.75) is 19.9 Å². The van der Waals surface area contributed by atoms with Gasteiger partial charge in [0.1, 0.15) is 5.76 Å². The van der Waals surface area contributed by atoms with Crippen LogP contribution in [0.25, 0.3) is 6.08 Å². The van der Waals surface area contributed by atoms with Crippen LogP contribution in [-0.2, 0) is 9.53 Å². The van der Waals surface area contributed by atoms with E-state index in [-0.39, 0.29) is 17.7 Å². The molecule has 4 rings (SSSR count). The van der Waals surface area contributed by atoms with Gasteiger partial charge in [0.25, 0.3) is 5.56 Å². The molecule has 0 amide bonds. The van der Waals surface area contributed by atoms with E-state index in [2.05, 4.69) is 27.6 Å². The van der Waals surface area contributed by atoms with E-state index < -0.39 is 12.0 Å². The highest BCUT2D eigenvalue weighted by molar-refractivity contribution is 14.1. The molecule has 3 heterocycles. The first-order valence-electron chi connectivity index (χ1n) is 10.6. The van der Waals surface area contributed by atoms with Gasteiger partial charge < -0.3 is 23.4 Å². The van der Waals surface area contributed by atoms with Crippen molar-refractivity contribution < 1.29 is 28.2 Å². The van der Waals surface area contributed by atoms with Gasteiger partial charge in [-0.3, -0.25) is 9.36 Å². The Labute approximate surface area is 218 Å². The van der Waals surface area contributed by atoms with Crippen LogP contribution in [-0.4, -0.2) is 38.5 Å². The van der Waals surface area contributed by atoms with Crippen molar-refractivity contribution in [1.82, 2.24) is 4.57 Å². The van der Waals surface area contributed by atoms with Crippen molar-refractivity contribution in [3.63, 3.8) is 0 Å². The number of fused-ring (bicyclic) bond motifs is 1. The molecule has 1 atom stereocenters. The third-order valence-corrected chi connectivity index (χ3v) is 6.95. The number of rotatable bonds is 7. The molecule has 1 aliphatic heterocycles. The summed E-state index contributed by atoms with van der Waals surface area (Å²) >= 11 is 3.28. The van der Waals surface area contributed by atoms with Gasteiger partial charge >= 0.3 is 5.97 Å². The molecule has 184 valence electrons. The second kappa shape index (κ2) is 10.3. The Bertz CT molecular complexity index is 1470. The van der Waals surface area contributed by atoms with Crippen molar-refractivity contribution in [3.05, 3.63) is 70.3 Å². The van der Waals surface area contributed by atoms with Gasteiger partial charge in [-0.2, -0.15) is 0 Å². The number of hydrogen-bond donors (Lipinski definition) is 0. The number of carbonyl (C=O) groups is 1. The summed E-state index contributed by atoms with van der Waals surface area (Å²) in [6.45, 7) is 3.63. The molecule has 0 fully saturated rings. The van der Waals surface area contributed by atoms with Gasteiger partial charge in [-0.05, 0) is 66.3 Å². The number of esters is 1. The quantitative estimate of drug-likeness (QED) is 0.300. The van der Waals surface area contributed by atoms with E-state index in [1.165, 1.54) is 37.2 Å². The van der Waals surface area contributed by atoms with E-state index >= 15 is 0 Å². The van der Waals surface area contributed by atoms with Gasteiger partial charge in [0.05, 0.1) is 49.8 Å². The predicted molar refractivity (Wildman–Crippen MR) is 138 cm³/mol. The summed E-state index contributed by atoms with van der Waals surface area (Å²) in [5.41, 5.74) is 0.987. The average molecular weight is 610 g/mol. The SMILES string of the molecule is CCOC(=O)C1=C(C)N=c2s/c(=C\c3ccc(I)o3)c(=O)n2[C@H]1c1cc(OC)c(OC)c(OC)c1. The lowest BCUT2D eigenvalue weighted by atomic mass is 9.95. The largest absolute Gasteiger partial charge is 0.493 e. The molecule has 0 aliphatic carbocycles. The first kappa shape index (κ1) is 25.0. The van der Waals surface area contributed by atoms with Crippen LogP contribution in [0.5, 0.6) is 17.2 Å². The van der Waals surface area contributed by atoms with Crippen molar-refractivity contribution in [3.8, 4) is 17.2 Å². The standard InChI is InChI=1S/C24H23IN2O7S/c1-6-33-23(29)19-12(2)26-24-27(22(28)17(35-24)11-14-7-8-18(25)34-14)20(19)13-9-15(30-3)21(32-5)16(10-13)31-4/h7-11,20H,6H2,1-5H3/b17-11-/t20-/m0/s1. The maximum atomic E-state index is 13.6. The molecular weight excluding hydrogens is 587 g/mol. The molecule has 1 aliphatic rings. The molecule has 0 spiro atoms. The molecule has 35 heavy (non-hydrogen) atoms. The molecule has 1 aromatic carbocycles. The van der Waals surface area contributed by atoms with Crippen LogP contribution < -0.4 is 29.1 Å². The summed E-state index contributed by atoms with van der Waals surface area (Å²) in [5.74, 6) is 1.18. The number of aromatic nitrogens is 1. The van der Waals surface area contributed by atoms with Gasteiger partial charge in [-0.15, -0.1) is 0 Å². The Hall–Kier alpha value is -3.06. The first-order valence-corrected chi connectivity index (χ1v) is 12.5. The first-order chi connectivity index (χ1) is 16.8. The molecule has 0 N–H and O–H groups in total. The van der Waals surface area contributed by atoms with E-state index in [0.717, 1.165) is 0 Å². The van der Waals surface area contributed by atoms with Crippen LogP contribution >= 0.6 is 33.9 Å². The summed E-state index contributed by atoms with van der Waals surface area (Å²) in [5, 5.41) is 0. The third kappa shape index (κ3) is 4.61. The fraction of sp³-hybridized carbons (Fsp3) is 0.292. The highest BCUT2D eigenvalue weighted by atomic mass is 127. The van der Waals surface area contributed by atoms with Crippen LogP contribution in [0.1, 0.15) is 31.2 Å². The fourth-order valence-electron chi connectivity index (χ4n) is 3.90. The lowest BCUT2D eigenvalue weighted by Crippen LogP contribution is -2.40. The van der Waals surface area contributed by atoms with E-state index in [9.17, 15) is 9.59 Å². The van der Waals surface area contributed by atoms with E-state index in [1.807, 2.05) is 6.07 Å². The molecule has 2 aromatic heterocycles. The van der Waals surface area contributed by atoms with Gasteiger partial charge in [-0.1, -0.05) is 11.3 Å². The van der Waals surface area contributed by atoms with Crippen LogP contribution in [0.4, 0.5) is 0 Å². The minimum Gasteiger partial charge on any atom is -0.493 e. The Kier molecular flexibility index (Phi) is 7.36. The summed E-state index contributed by atoms with van der Waals surface area (Å²) in [6, 6.07) is 6.21. The number of allylic oxidation sites excluding steroid dienone is 1. The minimum atomic E-state index is -0.821. The second-order valence-electron chi connectivity index (χ2n) is 7.40. The maximum absolute atomic E-state index is 13.6. The normalized spacial score (nSPS) is 15.5. The van der Waals surface area contributed by atoms with E-state index in [4.69, 9.17) is 23.4 Å². The molecule has 3 aromatic rings. The van der Waals surface area contributed by atoms with Gasteiger partial charge in [0, 0.05) is 6.08 Å². The topological polar surface area (TPSA) is 101 Å². The molecule has 11 heteroatoms. The van der Waals surface area contributed by atoms with Crippen LogP contribution in [0.3, 0.4) is 0 Å². The molecule has 0 unspecified atom stereocenters. The summed E-state index contributed by atoms with van der Waals surface area (Å²) in [6.07, 6.45) is 1.67. The fourth-order valence-corrected chi connectivity index (χ4v) is 5.36. The van der Waals surface area contributed by atoms with E-state index in [1.54, 1.807) is 38.1 Å². The number of ether oxygens (including phenoxy) is 4. The van der Waals surface area contributed by atoms with E-state index in [0.29, 0.717) is 47.4 Å². The Morgan fingerprint density at radius 1 is 1.20 bits per heavy atom. The van der Waals surface area contributed by atoms with Gasteiger partial charge in [0.15, 0.2) is 20.1 Å². The number of methoxy groups -OCH3 is 3. The molecular formula is C24H23IN2O7S. The highest BCUT2D eigenvalue weighted by Gasteiger charge is 2.34. The number of benzene rings is 1. The molecule has 0 saturated heterocycles. The third-order valence-electron chi connectivity index (χ3n) is 5.39. The minimum absolute atomic E-state index is 0.180. The van der Waals surface area contributed by atoms with Gasteiger partial charge in [0.2, 0.25) is 5.75 Å². The molecule has 9 nitrogen and oxygen atoms in total. The molecule has 0 bridgehead atoms. The number of thiazole rings is 1. The zero-order valence-corrected chi connectivity index (χ0v) is 22.7. The second-order valence-corrected chi connectivity index (χ2v) is 9.48. The number of furan rings is 1. The zero-order chi connectivity index (χ0) is 25.3. The highest BCUT2D eigenvalue weighted by Crippen LogP contribution is 2.42. The van der Waals surface area contributed by atoms with Crippen molar-refractivity contribution in [1.29, 1.82) is 0 Å². The average Bonchev–Trinajstić information content (AvgIpc) is 3.39. The summed E-state index contributed by atoms with van der Waals surface area (Å²) < 4.78 is 30.1. The number of hydrogen-bond acceptors (Lipinski definition) is 9. The van der Waals surface area contributed by atoms with Crippen molar-refractivity contribution in [2.75, 3.05) is 27.9 Å². The van der Waals surface area contributed by atoms with Crippen LogP contribution in [0, 0.1) is 3.77 Å². The summed E-state index contributed by atoms with van der Waals surface area (Å²) in [4.78, 5) is 31.8. The lowest BCUT2D eigenvalue weighted by molar-refractivity contribution is -0.139. The zero-order valence-electron chi connectivity index (χ0n) is 19.7. The smallest absolute Gasteiger partial charge is 0.338 e. The Balaban J connectivity index is 2.02. The van der Waals surface area contributed by atoms with Gasteiger partial charge in [-0.25, -0.2) is 9.79 Å². The monoisotopic (exact) mass is 610 g/mol. The van der Waals surface area contributed by atoms with Crippen molar-refractivity contribution >= 4 is 46.0 Å². The lowest BCUT2D eigenvalue weighted by Gasteiger charge is -2.26. The molecule has 0 saturated carbocycles. The molecule has 0 radical (unpaired) electrons. The summed E-state index contributed by atoms with van der Waals surface area (Å²) in [7, 11) is 4.52. The number of nitrogens with zero attached hydrogens (tertiary/aromatic N) is 2. The van der Waals surface area contributed by atoms with Crippen molar-refractivity contribution in [2.24, 2.45) is 4.99 Å². The number of carbonyl (C=O) groups excluding carboxylic acids is 1. The number of halogens is 1. The predicted octanol–water partition coefficient (Wildman–Crippen LogP) is 3.02. The Morgan fingerprint density at radius 2 is 1.89 bits per heavy atom. The maximum Gasteiger partial charge on any atom is 0.338 e. The Morgan fingerprint density at radius 3 is 2.43 bits per heavy atom.